The lowest BCUT2D eigenvalue weighted by atomic mass is 10.1. The Balaban J connectivity index is 4.33. The Labute approximate surface area is 106 Å². The first-order chi connectivity index (χ1) is 8.54. The van der Waals surface area contributed by atoms with Gasteiger partial charge in [0, 0.05) is 6.42 Å². The summed E-state index contributed by atoms with van der Waals surface area (Å²) in [5.41, 5.74) is 5.14. The van der Waals surface area contributed by atoms with Crippen LogP contribution in [-0.4, -0.2) is 43.6 Å². The van der Waals surface area contributed by atoms with Crippen molar-refractivity contribution in [3.05, 3.63) is 0 Å². The molecule has 18 heavy (non-hydrogen) atoms. The van der Waals surface area contributed by atoms with Crippen LogP contribution in [0.25, 0.3) is 0 Å². The van der Waals surface area contributed by atoms with E-state index in [1.165, 1.54) is 0 Å². The normalized spacial score (nSPS) is 11.5. The van der Waals surface area contributed by atoms with E-state index in [0.29, 0.717) is 0 Å². The Morgan fingerprint density at radius 3 is 2.28 bits per heavy atom. The number of ether oxygens (including phenoxy) is 2. The molecule has 0 rings (SSSR count). The highest BCUT2D eigenvalue weighted by Gasteiger charge is 2.22. The molecule has 0 radical (unpaired) electrons. The average Bonchev–Trinajstić information content (AvgIpc) is 2.34. The van der Waals surface area contributed by atoms with E-state index in [9.17, 15) is 14.4 Å². The molecule has 0 bridgehead atoms. The number of esters is 2. The minimum absolute atomic E-state index is 0.0299. The molecule has 7 nitrogen and oxygen atoms in total. The molecule has 0 heterocycles. The fraction of sp³-hybridized carbons (Fsp3) is 0.727. The van der Waals surface area contributed by atoms with Crippen molar-refractivity contribution in [2.75, 3.05) is 19.8 Å². The summed E-state index contributed by atoms with van der Waals surface area (Å²) in [6, 6.07) is -0.870. The molecule has 0 aromatic heterocycles. The van der Waals surface area contributed by atoms with E-state index in [2.05, 4.69) is 5.32 Å². The molecular weight excluding hydrogens is 240 g/mol. The number of amides is 1. The standard InChI is InChI=1S/C11H20N2O5/c1-3-17-10(15)6-5-8(11(16)18-4-2)13-9(14)7-12/h8H,3-7,12H2,1-2H3,(H,13,14)/t8-/m1/s1. The molecule has 0 unspecified atom stereocenters. The third kappa shape index (κ3) is 6.85. The molecule has 0 fully saturated rings. The van der Waals surface area contributed by atoms with Crippen LogP contribution in [-0.2, 0) is 23.9 Å². The maximum atomic E-state index is 11.5. The molecule has 3 N–H and O–H groups in total. The quantitative estimate of drug-likeness (QED) is 0.561. The van der Waals surface area contributed by atoms with Gasteiger partial charge in [-0.25, -0.2) is 4.79 Å². The first kappa shape index (κ1) is 16.4. The Hall–Kier alpha value is -1.63. The van der Waals surface area contributed by atoms with Gasteiger partial charge in [0.05, 0.1) is 19.8 Å². The van der Waals surface area contributed by atoms with Crippen molar-refractivity contribution in [2.24, 2.45) is 5.73 Å². The van der Waals surface area contributed by atoms with Crippen molar-refractivity contribution in [3.8, 4) is 0 Å². The number of hydrogen-bond acceptors (Lipinski definition) is 6. The SMILES string of the molecule is CCOC(=O)CC[C@@H](NC(=O)CN)C(=O)OCC. The van der Waals surface area contributed by atoms with Gasteiger partial charge in [0.25, 0.3) is 0 Å². The topological polar surface area (TPSA) is 108 Å². The van der Waals surface area contributed by atoms with Gasteiger partial charge in [0.1, 0.15) is 6.04 Å². The zero-order valence-electron chi connectivity index (χ0n) is 10.7. The van der Waals surface area contributed by atoms with Crippen molar-refractivity contribution in [1.29, 1.82) is 0 Å². The second kappa shape index (κ2) is 9.41. The Morgan fingerprint density at radius 1 is 1.17 bits per heavy atom. The van der Waals surface area contributed by atoms with E-state index in [1.54, 1.807) is 13.8 Å². The van der Waals surface area contributed by atoms with Gasteiger partial charge in [-0.15, -0.1) is 0 Å². The van der Waals surface area contributed by atoms with Gasteiger partial charge in [0.15, 0.2) is 0 Å². The van der Waals surface area contributed by atoms with Crippen LogP contribution in [0.5, 0.6) is 0 Å². The largest absolute Gasteiger partial charge is 0.466 e. The number of nitrogens with one attached hydrogen (secondary N) is 1. The fourth-order valence-corrected chi connectivity index (χ4v) is 1.24. The monoisotopic (exact) mass is 260 g/mol. The minimum atomic E-state index is -0.870. The molecule has 0 saturated carbocycles. The van der Waals surface area contributed by atoms with Crippen LogP contribution in [0.15, 0.2) is 0 Å². The number of rotatable bonds is 8. The lowest BCUT2D eigenvalue weighted by Crippen LogP contribution is -2.44. The van der Waals surface area contributed by atoms with Gasteiger partial charge in [0.2, 0.25) is 5.91 Å². The Bertz CT molecular complexity index is 293. The van der Waals surface area contributed by atoms with Gasteiger partial charge in [-0.05, 0) is 20.3 Å². The summed E-state index contributed by atoms with van der Waals surface area (Å²) < 4.78 is 9.53. The van der Waals surface area contributed by atoms with Crippen LogP contribution in [0, 0.1) is 0 Å². The maximum Gasteiger partial charge on any atom is 0.328 e. The summed E-state index contributed by atoms with van der Waals surface area (Å²) in [6.07, 6.45) is 0.158. The second-order valence-electron chi connectivity index (χ2n) is 3.42. The highest BCUT2D eigenvalue weighted by atomic mass is 16.5. The molecule has 0 aromatic carbocycles. The number of carbonyl (C=O) groups excluding carboxylic acids is 3. The molecule has 0 aliphatic rings. The van der Waals surface area contributed by atoms with E-state index in [1.807, 2.05) is 0 Å². The van der Waals surface area contributed by atoms with Gasteiger partial charge >= 0.3 is 11.9 Å². The van der Waals surface area contributed by atoms with E-state index in [4.69, 9.17) is 15.2 Å². The lowest BCUT2D eigenvalue weighted by molar-refractivity contribution is -0.148. The predicted octanol–water partition coefficient (Wildman–Crippen LogP) is -0.664. The van der Waals surface area contributed by atoms with Crippen molar-refractivity contribution < 1.29 is 23.9 Å². The smallest absolute Gasteiger partial charge is 0.328 e. The summed E-state index contributed by atoms with van der Waals surface area (Å²) >= 11 is 0. The van der Waals surface area contributed by atoms with Crippen LogP contribution in [0.4, 0.5) is 0 Å². The third-order valence-corrected chi connectivity index (χ3v) is 2.03. The van der Waals surface area contributed by atoms with Gasteiger partial charge in [-0.1, -0.05) is 0 Å². The van der Waals surface area contributed by atoms with Gasteiger partial charge < -0.3 is 20.5 Å². The zero-order valence-corrected chi connectivity index (χ0v) is 10.7. The first-order valence-electron chi connectivity index (χ1n) is 5.86. The summed E-state index contributed by atoms with van der Waals surface area (Å²) in [5, 5.41) is 2.40. The Kier molecular flexibility index (Phi) is 8.55. The van der Waals surface area contributed by atoms with Gasteiger partial charge in [-0.3, -0.25) is 9.59 Å². The first-order valence-corrected chi connectivity index (χ1v) is 5.86. The van der Waals surface area contributed by atoms with Crippen LogP contribution >= 0.6 is 0 Å². The van der Waals surface area contributed by atoms with Crippen LogP contribution < -0.4 is 11.1 Å². The maximum absolute atomic E-state index is 11.5. The van der Waals surface area contributed by atoms with E-state index in [0.717, 1.165) is 0 Å². The molecule has 0 spiro atoms. The molecule has 104 valence electrons. The minimum Gasteiger partial charge on any atom is -0.466 e. The van der Waals surface area contributed by atoms with Crippen LogP contribution in [0.3, 0.4) is 0 Å². The van der Waals surface area contributed by atoms with E-state index < -0.39 is 23.9 Å². The van der Waals surface area contributed by atoms with Crippen LogP contribution in [0.2, 0.25) is 0 Å². The number of carbonyl (C=O) groups is 3. The van der Waals surface area contributed by atoms with Crippen molar-refractivity contribution in [3.63, 3.8) is 0 Å². The molecule has 0 aromatic rings. The van der Waals surface area contributed by atoms with E-state index >= 15 is 0 Å². The lowest BCUT2D eigenvalue weighted by Gasteiger charge is -2.16. The fourth-order valence-electron chi connectivity index (χ4n) is 1.24. The average molecular weight is 260 g/mol. The van der Waals surface area contributed by atoms with Crippen molar-refractivity contribution >= 4 is 17.8 Å². The molecule has 7 heteroatoms. The summed E-state index contributed by atoms with van der Waals surface area (Å²) in [6.45, 7) is 3.60. The highest BCUT2D eigenvalue weighted by molar-refractivity contribution is 5.85. The van der Waals surface area contributed by atoms with Crippen LogP contribution in [0.1, 0.15) is 26.7 Å². The molecule has 1 amide bonds. The van der Waals surface area contributed by atoms with Crippen molar-refractivity contribution in [2.45, 2.75) is 32.7 Å². The van der Waals surface area contributed by atoms with Crippen molar-refractivity contribution in [1.82, 2.24) is 5.32 Å². The summed E-state index contributed by atoms with van der Waals surface area (Å²) in [5.74, 6) is -1.48. The summed E-state index contributed by atoms with van der Waals surface area (Å²) in [4.78, 5) is 33.8. The van der Waals surface area contributed by atoms with Gasteiger partial charge in [-0.2, -0.15) is 0 Å². The molecule has 0 aliphatic carbocycles. The molecule has 1 atom stereocenters. The predicted molar refractivity (Wildman–Crippen MR) is 63.5 cm³/mol. The molecule has 0 saturated heterocycles. The third-order valence-electron chi connectivity index (χ3n) is 2.03. The Morgan fingerprint density at radius 2 is 1.78 bits per heavy atom. The number of hydrogen-bond donors (Lipinski definition) is 2. The zero-order chi connectivity index (χ0) is 14.0. The van der Waals surface area contributed by atoms with E-state index in [-0.39, 0.29) is 32.6 Å². The highest BCUT2D eigenvalue weighted by Crippen LogP contribution is 2.02. The molecule has 0 aliphatic heterocycles. The molecular formula is C11H20N2O5. The second-order valence-corrected chi connectivity index (χ2v) is 3.42. The summed E-state index contributed by atoms with van der Waals surface area (Å²) in [7, 11) is 0. The number of nitrogens with two attached hydrogens (primary N) is 1.